The van der Waals surface area contributed by atoms with Crippen LogP contribution in [0.25, 0.3) is 0 Å². The predicted octanol–water partition coefficient (Wildman–Crippen LogP) is 2.60. The number of anilines is 1. The number of unbranched alkanes of at least 4 members (excludes halogenated alkanes) is 1. The van der Waals surface area contributed by atoms with Crippen molar-refractivity contribution in [3.05, 3.63) is 18.0 Å². The average molecular weight is 250 g/mol. The van der Waals surface area contributed by atoms with Gasteiger partial charge in [0.25, 0.3) is 0 Å². The molecule has 0 fully saturated rings. The minimum atomic E-state index is 0.492. The van der Waals surface area contributed by atoms with Crippen molar-refractivity contribution in [3.63, 3.8) is 0 Å². The Bertz CT molecular complexity index is 323. The molecule has 0 aliphatic carbocycles. The highest BCUT2D eigenvalue weighted by Gasteiger charge is 2.14. The van der Waals surface area contributed by atoms with Gasteiger partial charge in [-0.3, -0.25) is 0 Å². The summed E-state index contributed by atoms with van der Waals surface area (Å²) in [6.07, 6.45) is 7.34. The molecule has 0 saturated heterocycles. The lowest BCUT2D eigenvalue weighted by Crippen LogP contribution is -2.35. The zero-order valence-electron chi connectivity index (χ0n) is 12.1. The number of nitrogens with one attached hydrogen (secondary N) is 1. The normalized spacial score (nSPS) is 12.4. The Labute approximate surface area is 111 Å². The van der Waals surface area contributed by atoms with Crippen molar-refractivity contribution in [2.75, 3.05) is 18.5 Å². The van der Waals surface area contributed by atoms with Gasteiger partial charge in [-0.2, -0.15) is 0 Å². The topological polar surface area (TPSA) is 41.1 Å². The Kier molecular flexibility index (Phi) is 6.65. The van der Waals surface area contributed by atoms with Crippen LogP contribution in [0.4, 0.5) is 5.95 Å². The van der Waals surface area contributed by atoms with Gasteiger partial charge in [0, 0.05) is 37.1 Å². The van der Waals surface area contributed by atoms with Crippen LogP contribution in [0.15, 0.2) is 12.4 Å². The fourth-order valence-electron chi connectivity index (χ4n) is 1.86. The van der Waals surface area contributed by atoms with Crippen molar-refractivity contribution in [3.8, 4) is 0 Å². The quantitative estimate of drug-likeness (QED) is 0.770. The first-order valence-corrected chi connectivity index (χ1v) is 6.95. The van der Waals surface area contributed by atoms with Crippen molar-refractivity contribution in [1.29, 1.82) is 0 Å². The van der Waals surface area contributed by atoms with E-state index in [1.54, 1.807) is 0 Å². The zero-order valence-corrected chi connectivity index (χ0v) is 12.1. The Balaban J connectivity index is 2.77. The van der Waals surface area contributed by atoms with Crippen LogP contribution in [0.5, 0.6) is 0 Å². The lowest BCUT2D eigenvalue weighted by atomic mass is 10.2. The fourth-order valence-corrected chi connectivity index (χ4v) is 1.86. The van der Waals surface area contributed by atoms with Gasteiger partial charge in [-0.05, 0) is 26.8 Å². The van der Waals surface area contributed by atoms with E-state index in [2.05, 4.69) is 41.0 Å². The largest absolute Gasteiger partial charge is 0.338 e. The molecule has 1 aromatic rings. The van der Waals surface area contributed by atoms with Gasteiger partial charge in [-0.1, -0.05) is 20.3 Å². The third-order valence-electron chi connectivity index (χ3n) is 3.20. The van der Waals surface area contributed by atoms with Gasteiger partial charge >= 0.3 is 0 Å². The molecule has 4 nitrogen and oxygen atoms in total. The monoisotopic (exact) mass is 250 g/mol. The highest BCUT2D eigenvalue weighted by atomic mass is 15.3. The summed E-state index contributed by atoms with van der Waals surface area (Å²) in [4.78, 5) is 11.3. The van der Waals surface area contributed by atoms with E-state index in [-0.39, 0.29) is 0 Å². The highest BCUT2D eigenvalue weighted by Crippen LogP contribution is 2.14. The Morgan fingerprint density at radius 1 is 1.28 bits per heavy atom. The molecule has 4 heteroatoms. The molecule has 1 unspecified atom stereocenters. The molecule has 0 radical (unpaired) electrons. The second-order valence-corrected chi connectivity index (χ2v) is 4.73. The molecule has 0 saturated carbocycles. The molecular weight excluding hydrogens is 224 g/mol. The van der Waals surface area contributed by atoms with Gasteiger partial charge in [0.15, 0.2) is 0 Å². The summed E-state index contributed by atoms with van der Waals surface area (Å²) in [5.41, 5.74) is 1.13. The molecule has 0 bridgehead atoms. The van der Waals surface area contributed by atoms with Crippen molar-refractivity contribution in [1.82, 2.24) is 15.3 Å². The van der Waals surface area contributed by atoms with Gasteiger partial charge in [-0.15, -0.1) is 0 Å². The first-order valence-electron chi connectivity index (χ1n) is 6.95. The van der Waals surface area contributed by atoms with Crippen LogP contribution >= 0.6 is 0 Å². The van der Waals surface area contributed by atoms with E-state index in [4.69, 9.17) is 0 Å². The summed E-state index contributed by atoms with van der Waals surface area (Å²) >= 11 is 0. The molecule has 0 amide bonds. The Hall–Kier alpha value is -1.16. The minimum Gasteiger partial charge on any atom is -0.338 e. The zero-order chi connectivity index (χ0) is 13.4. The standard InChI is InChI=1S/C14H26N4/c1-5-7-8-18(12(3)6-2)14-16-10-13(9-15-4)11-17-14/h10-12,15H,5-9H2,1-4H3. The molecule has 18 heavy (non-hydrogen) atoms. The molecule has 1 atom stereocenters. The summed E-state index contributed by atoms with van der Waals surface area (Å²) in [5.74, 6) is 0.859. The van der Waals surface area contributed by atoms with E-state index in [1.165, 1.54) is 12.8 Å². The Morgan fingerprint density at radius 3 is 2.44 bits per heavy atom. The molecule has 0 aliphatic rings. The van der Waals surface area contributed by atoms with Crippen molar-refractivity contribution in [2.45, 2.75) is 52.6 Å². The van der Waals surface area contributed by atoms with E-state index >= 15 is 0 Å². The summed E-state index contributed by atoms with van der Waals surface area (Å²) < 4.78 is 0. The second kappa shape index (κ2) is 8.03. The van der Waals surface area contributed by atoms with Gasteiger partial charge in [0.2, 0.25) is 5.95 Å². The van der Waals surface area contributed by atoms with E-state index in [0.29, 0.717) is 6.04 Å². The van der Waals surface area contributed by atoms with Crippen LogP contribution in [0.2, 0.25) is 0 Å². The maximum Gasteiger partial charge on any atom is 0.225 e. The molecule has 1 heterocycles. The van der Waals surface area contributed by atoms with Crippen molar-refractivity contribution >= 4 is 5.95 Å². The summed E-state index contributed by atoms with van der Waals surface area (Å²) in [6, 6.07) is 0.492. The maximum absolute atomic E-state index is 4.49. The van der Waals surface area contributed by atoms with E-state index in [9.17, 15) is 0 Å². The van der Waals surface area contributed by atoms with Gasteiger partial charge in [0.1, 0.15) is 0 Å². The van der Waals surface area contributed by atoms with Crippen LogP contribution in [-0.4, -0.2) is 29.6 Å². The fraction of sp³-hybridized carbons (Fsp3) is 0.714. The van der Waals surface area contributed by atoms with Crippen LogP contribution < -0.4 is 10.2 Å². The van der Waals surface area contributed by atoms with Gasteiger partial charge < -0.3 is 10.2 Å². The SMILES string of the molecule is CCCCN(c1ncc(CNC)cn1)C(C)CC. The lowest BCUT2D eigenvalue weighted by Gasteiger charge is -2.28. The first kappa shape index (κ1) is 14.9. The molecule has 102 valence electrons. The van der Waals surface area contributed by atoms with E-state index in [0.717, 1.165) is 31.0 Å². The van der Waals surface area contributed by atoms with Crippen molar-refractivity contribution in [2.24, 2.45) is 0 Å². The molecule has 1 aromatic heterocycles. The number of nitrogens with zero attached hydrogens (tertiary/aromatic N) is 3. The average Bonchev–Trinajstić information content (AvgIpc) is 2.41. The lowest BCUT2D eigenvalue weighted by molar-refractivity contribution is 0.581. The minimum absolute atomic E-state index is 0.492. The van der Waals surface area contributed by atoms with Gasteiger partial charge in [-0.25, -0.2) is 9.97 Å². The smallest absolute Gasteiger partial charge is 0.225 e. The van der Waals surface area contributed by atoms with E-state index in [1.807, 2.05) is 19.4 Å². The summed E-state index contributed by atoms with van der Waals surface area (Å²) in [5, 5.41) is 3.11. The second-order valence-electron chi connectivity index (χ2n) is 4.73. The summed E-state index contributed by atoms with van der Waals surface area (Å²) in [7, 11) is 1.93. The van der Waals surface area contributed by atoms with Crippen LogP contribution in [-0.2, 0) is 6.54 Å². The molecule has 1 rings (SSSR count). The maximum atomic E-state index is 4.49. The third kappa shape index (κ3) is 4.26. The first-order chi connectivity index (χ1) is 8.72. The van der Waals surface area contributed by atoms with Gasteiger partial charge in [0.05, 0.1) is 0 Å². The molecular formula is C14H26N4. The van der Waals surface area contributed by atoms with Crippen LogP contribution in [0, 0.1) is 0 Å². The highest BCUT2D eigenvalue weighted by molar-refractivity contribution is 5.31. The van der Waals surface area contributed by atoms with Crippen LogP contribution in [0.3, 0.4) is 0 Å². The molecule has 0 spiro atoms. The molecule has 0 aromatic carbocycles. The number of rotatable bonds is 8. The number of hydrogen-bond donors (Lipinski definition) is 1. The molecule has 1 N–H and O–H groups in total. The molecule has 0 aliphatic heterocycles. The number of aromatic nitrogens is 2. The van der Waals surface area contributed by atoms with E-state index < -0.39 is 0 Å². The summed E-state index contributed by atoms with van der Waals surface area (Å²) in [6.45, 7) is 8.51. The third-order valence-corrected chi connectivity index (χ3v) is 3.20. The van der Waals surface area contributed by atoms with Crippen LogP contribution in [0.1, 0.15) is 45.6 Å². The number of hydrogen-bond acceptors (Lipinski definition) is 4. The Morgan fingerprint density at radius 2 is 1.94 bits per heavy atom. The predicted molar refractivity (Wildman–Crippen MR) is 76.8 cm³/mol. The van der Waals surface area contributed by atoms with Crippen molar-refractivity contribution < 1.29 is 0 Å².